The lowest BCUT2D eigenvalue weighted by Gasteiger charge is -2.24. The molecule has 0 aliphatic heterocycles. The Hall–Kier alpha value is -0.830. The van der Waals surface area contributed by atoms with Gasteiger partial charge in [-0.1, -0.05) is 6.92 Å². The number of hydrogen-bond donors (Lipinski definition) is 1. The van der Waals surface area contributed by atoms with Gasteiger partial charge in [-0.15, -0.1) is 0 Å². The molecule has 3 nitrogen and oxygen atoms in total. The lowest BCUT2D eigenvalue weighted by Crippen LogP contribution is -2.38. The third-order valence-corrected chi connectivity index (χ3v) is 3.30. The predicted octanol–water partition coefficient (Wildman–Crippen LogP) is 2.50. The lowest BCUT2D eigenvalue weighted by atomic mass is 10.0. The average Bonchev–Trinajstić information content (AvgIpc) is 2.95. The highest BCUT2D eigenvalue weighted by Crippen LogP contribution is 2.35. The summed E-state index contributed by atoms with van der Waals surface area (Å²) in [5, 5.41) is 3.55. The van der Waals surface area contributed by atoms with Crippen LogP contribution in [0.5, 0.6) is 0 Å². The molecule has 0 radical (unpaired) electrons. The molecule has 1 heterocycles. The standard InChI is InChI=1S/C12H21N3/c1-4-12(2,3)14-9-11-13-7-8-15(11)10-5-6-10/h7-8,10,14H,4-6,9H2,1-3H3. The van der Waals surface area contributed by atoms with Gasteiger partial charge >= 0.3 is 0 Å². The Morgan fingerprint density at radius 2 is 2.27 bits per heavy atom. The van der Waals surface area contributed by atoms with Crippen LogP contribution in [0.4, 0.5) is 0 Å². The smallest absolute Gasteiger partial charge is 0.122 e. The van der Waals surface area contributed by atoms with Gasteiger partial charge in [0.1, 0.15) is 5.82 Å². The number of imidazole rings is 1. The van der Waals surface area contributed by atoms with Crippen LogP contribution in [0.15, 0.2) is 12.4 Å². The van der Waals surface area contributed by atoms with Crippen molar-refractivity contribution in [2.24, 2.45) is 0 Å². The summed E-state index contributed by atoms with van der Waals surface area (Å²) in [6.45, 7) is 7.56. The van der Waals surface area contributed by atoms with Gasteiger partial charge in [-0.25, -0.2) is 4.98 Å². The van der Waals surface area contributed by atoms with Crippen LogP contribution in [0.3, 0.4) is 0 Å². The van der Waals surface area contributed by atoms with Gasteiger partial charge in [-0.2, -0.15) is 0 Å². The molecule has 0 bridgehead atoms. The van der Waals surface area contributed by atoms with E-state index < -0.39 is 0 Å². The van der Waals surface area contributed by atoms with E-state index in [0.717, 1.165) is 19.0 Å². The van der Waals surface area contributed by atoms with E-state index in [0.29, 0.717) is 0 Å². The summed E-state index contributed by atoms with van der Waals surface area (Å²) in [7, 11) is 0. The number of rotatable bonds is 5. The fourth-order valence-electron chi connectivity index (χ4n) is 1.61. The van der Waals surface area contributed by atoms with Crippen LogP contribution >= 0.6 is 0 Å². The highest BCUT2D eigenvalue weighted by molar-refractivity contribution is 4.99. The molecule has 1 saturated carbocycles. The number of hydrogen-bond acceptors (Lipinski definition) is 2. The summed E-state index contributed by atoms with van der Waals surface area (Å²) < 4.78 is 2.32. The quantitative estimate of drug-likeness (QED) is 0.804. The molecule has 1 fully saturated rings. The van der Waals surface area contributed by atoms with E-state index in [1.807, 2.05) is 6.20 Å². The Kier molecular flexibility index (Phi) is 2.83. The van der Waals surface area contributed by atoms with Gasteiger partial charge < -0.3 is 9.88 Å². The monoisotopic (exact) mass is 207 g/mol. The first kappa shape index (κ1) is 10.7. The molecule has 1 aliphatic carbocycles. The van der Waals surface area contributed by atoms with Crippen molar-refractivity contribution in [2.75, 3.05) is 0 Å². The van der Waals surface area contributed by atoms with E-state index in [4.69, 9.17) is 0 Å². The molecule has 1 aliphatic rings. The second kappa shape index (κ2) is 3.97. The van der Waals surface area contributed by atoms with Gasteiger partial charge in [-0.3, -0.25) is 0 Å². The molecule has 1 aromatic rings. The third kappa shape index (κ3) is 2.59. The normalized spacial score (nSPS) is 17.0. The molecule has 0 atom stereocenters. The summed E-state index contributed by atoms with van der Waals surface area (Å²) in [6, 6.07) is 0.731. The van der Waals surface area contributed by atoms with E-state index >= 15 is 0 Å². The highest BCUT2D eigenvalue weighted by Gasteiger charge is 2.25. The molecule has 2 rings (SSSR count). The summed E-state index contributed by atoms with van der Waals surface area (Å²) in [5.41, 5.74) is 0.209. The van der Waals surface area contributed by atoms with Crippen molar-refractivity contribution in [2.45, 2.75) is 58.2 Å². The van der Waals surface area contributed by atoms with Crippen LogP contribution in [0, 0.1) is 0 Å². The Morgan fingerprint density at radius 3 is 2.87 bits per heavy atom. The summed E-state index contributed by atoms with van der Waals surface area (Å²) >= 11 is 0. The zero-order chi connectivity index (χ0) is 10.9. The Morgan fingerprint density at radius 1 is 1.53 bits per heavy atom. The maximum atomic E-state index is 4.42. The van der Waals surface area contributed by atoms with Crippen molar-refractivity contribution in [1.82, 2.24) is 14.9 Å². The second-order valence-electron chi connectivity index (χ2n) is 5.07. The first-order chi connectivity index (χ1) is 7.12. The van der Waals surface area contributed by atoms with E-state index in [1.54, 1.807) is 0 Å². The maximum Gasteiger partial charge on any atom is 0.122 e. The minimum Gasteiger partial charge on any atom is -0.331 e. The number of nitrogens with zero attached hydrogens (tertiary/aromatic N) is 2. The van der Waals surface area contributed by atoms with Gasteiger partial charge in [0.05, 0.1) is 6.54 Å². The molecule has 0 spiro atoms. The maximum absolute atomic E-state index is 4.42. The van der Waals surface area contributed by atoms with Crippen LogP contribution in [-0.4, -0.2) is 15.1 Å². The number of nitrogens with one attached hydrogen (secondary N) is 1. The summed E-state index contributed by atoms with van der Waals surface area (Å²) in [4.78, 5) is 4.42. The van der Waals surface area contributed by atoms with Gasteiger partial charge in [0.25, 0.3) is 0 Å². The predicted molar refractivity (Wildman–Crippen MR) is 61.7 cm³/mol. The molecular formula is C12H21N3. The first-order valence-corrected chi connectivity index (χ1v) is 5.89. The van der Waals surface area contributed by atoms with Crippen molar-refractivity contribution in [3.05, 3.63) is 18.2 Å². The summed E-state index contributed by atoms with van der Waals surface area (Å²) in [5.74, 6) is 1.18. The van der Waals surface area contributed by atoms with Crippen molar-refractivity contribution >= 4 is 0 Å². The molecule has 0 amide bonds. The van der Waals surface area contributed by atoms with Crippen molar-refractivity contribution in [3.8, 4) is 0 Å². The molecule has 0 aromatic carbocycles. The third-order valence-electron chi connectivity index (χ3n) is 3.30. The molecule has 0 unspecified atom stereocenters. The average molecular weight is 207 g/mol. The van der Waals surface area contributed by atoms with E-state index in [2.05, 4.69) is 41.8 Å². The van der Waals surface area contributed by atoms with Crippen molar-refractivity contribution < 1.29 is 0 Å². The van der Waals surface area contributed by atoms with Crippen molar-refractivity contribution in [3.63, 3.8) is 0 Å². The minimum atomic E-state index is 0.209. The highest BCUT2D eigenvalue weighted by atomic mass is 15.1. The van der Waals surface area contributed by atoms with Crippen molar-refractivity contribution in [1.29, 1.82) is 0 Å². The SMILES string of the molecule is CCC(C)(C)NCc1nccn1C1CC1. The molecule has 84 valence electrons. The van der Waals surface area contributed by atoms with Crippen LogP contribution in [0.25, 0.3) is 0 Å². The van der Waals surface area contributed by atoms with Gasteiger partial charge in [-0.05, 0) is 33.1 Å². The Bertz CT molecular complexity index is 323. The van der Waals surface area contributed by atoms with Crippen LogP contribution in [0.1, 0.15) is 51.9 Å². The zero-order valence-electron chi connectivity index (χ0n) is 9.95. The topological polar surface area (TPSA) is 29.9 Å². The zero-order valence-corrected chi connectivity index (χ0v) is 9.95. The van der Waals surface area contributed by atoms with Gasteiger partial charge in [0, 0.05) is 24.0 Å². The molecule has 1 aromatic heterocycles. The van der Waals surface area contributed by atoms with Crippen LogP contribution < -0.4 is 5.32 Å². The van der Waals surface area contributed by atoms with E-state index in [-0.39, 0.29) is 5.54 Å². The first-order valence-electron chi connectivity index (χ1n) is 5.89. The van der Waals surface area contributed by atoms with Crippen LogP contribution in [-0.2, 0) is 6.54 Å². The van der Waals surface area contributed by atoms with E-state index in [9.17, 15) is 0 Å². The fraction of sp³-hybridized carbons (Fsp3) is 0.750. The van der Waals surface area contributed by atoms with Gasteiger partial charge in [0.15, 0.2) is 0 Å². The van der Waals surface area contributed by atoms with E-state index in [1.165, 1.54) is 18.7 Å². The fourth-order valence-corrected chi connectivity index (χ4v) is 1.61. The Labute approximate surface area is 91.9 Å². The van der Waals surface area contributed by atoms with Gasteiger partial charge in [0.2, 0.25) is 0 Å². The van der Waals surface area contributed by atoms with Crippen LogP contribution in [0.2, 0.25) is 0 Å². The Balaban J connectivity index is 1.95. The second-order valence-corrected chi connectivity index (χ2v) is 5.07. The number of aromatic nitrogens is 2. The summed E-state index contributed by atoms with van der Waals surface area (Å²) in [6.07, 6.45) is 7.79. The molecule has 0 saturated heterocycles. The minimum absolute atomic E-state index is 0.209. The largest absolute Gasteiger partial charge is 0.331 e. The molecule has 1 N–H and O–H groups in total. The molecule has 15 heavy (non-hydrogen) atoms. The molecule has 3 heteroatoms. The molecular weight excluding hydrogens is 186 g/mol. The lowest BCUT2D eigenvalue weighted by molar-refractivity contribution is 0.366.